The first-order chi connectivity index (χ1) is 5.25. The van der Waals surface area contributed by atoms with E-state index in [1.54, 1.807) is 6.07 Å². The smallest absolute Gasteiger partial charge is 0.229 e. The Hall–Kier alpha value is -1.78. The first-order valence-corrected chi connectivity index (χ1v) is 3.06. The van der Waals surface area contributed by atoms with Gasteiger partial charge in [-0.25, -0.2) is 9.50 Å². The highest BCUT2D eigenvalue weighted by atomic mass is 16.3. The molecule has 0 aliphatic heterocycles. The van der Waals surface area contributed by atoms with Crippen molar-refractivity contribution >= 4 is 11.5 Å². The van der Waals surface area contributed by atoms with E-state index in [0.29, 0.717) is 11.5 Å². The summed E-state index contributed by atoms with van der Waals surface area (Å²) in [6.07, 6.45) is 1.54. The second-order valence-electron chi connectivity index (χ2n) is 2.16. The normalized spacial score (nSPS) is 10.5. The molecule has 0 aromatic carbocycles. The molecular formula is C6H6N4O. The van der Waals surface area contributed by atoms with E-state index in [4.69, 9.17) is 10.8 Å². The van der Waals surface area contributed by atoms with Gasteiger partial charge >= 0.3 is 0 Å². The zero-order valence-electron chi connectivity index (χ0n) is 5.60. The summed E-state index contributed by atoms with van der Waals surface area (Å²) in [5, 5.41) is 12.7. The SMILES string of the molecule is Nc1cn2nc(O)ccc2n1. The zero-order valence-corrected chi connectivity index (χ0v) is 5.60. The van der Waals surface area contributed by atoms with Gasteiger partial charge in [-0.15, -0.1) is 5.10 Å². The van der Waals surface area contributed by atoms with E-state index in [9.17, 15) is 0 Å². The molecule has 0 aliphatic carbocycles. The maximum Gasteiger partial charge on any atom is 0.229 e. The van der Waals surface area contributed by atoms with Gasteiger partial charge < -0.3 is 10.8 Å². The minimum Gasteiger partial charge on any atom is -0.492 e. The number of fused-ring (bicyclic) bond motifs is 1. The van der Waals surface area contributed by atoms with Gasteiger partial charge in [0, 0.05) is 6.07 Å². The van der Waals surface area contributed by atoms with Crippen LogP contribution in [0.25, 0.3) is 5.65 Å². The van der Waals surface area contributed by atoms with E-state index in [1.165, 1.54) is 16.8 Å². The fraction of sp³-hybridized carbons (Fsp3) is 0. The third kappa shape index (κ3) is 0.861. The molecule has 0 unspecified atom stereocenters. The molecule has 0 amide bonds. The Kier molecular flexibility index (Phi) is 1.00. The minimum absolute atomic E-state index is 0.0464. The molecule has 2 rings (SSSR count). The second-order valence-corrected chi connectivity index (χ2v) is 2.16. The number of nitrogens with two attached hydrogens (primary N) is 1. The molecule has 0 atom stereocenters. The minimum atomic E-state index is -0.0464. The zero-order chi connectivity index (χ0) is 7.84. The highest BCUT2D eigenvalue weighted by molar-refractivity contribution is 5.45. The number of nitrogens with zero attached hydrogens (tertiary/aromatic N) is 3. The monoisotopic (exact) mass is 150 g/mol. The van der Waals surface area contributed by atoms with Crippen molar-refractivity contribution < 1.29 is 5.11 Å². The fourth-order valence-electron chi connectivity index (χ4n) is 0.890. The Labute approximate surface area is 62.1 Å². The Bertz CT molecular complexity index is 394. The van der Waals surface area contributed by atoms with Crippen LogP contribution in [-0.4, -0.2) is 19.7 Å². The largest absolute Gasteiger partial charge is 0.492 e. The van der Waals surface area contributed by atoms with Crippen molar-refractivity contribution in [3.05, 3.63) is 18.3 Å². The molecule has 3 N–H and O–H groups in total. The van der Waals surface area contributed by atoms with Gasteiger partial charge in [0.2, 0.25) is 5.88 Å². The number of aromatic nitrogens is 3. The van der Waals surface area contributed by atoms with Crippen molar-refractivity contribution in [1.29, 1.82) is 0 Å². The van der Waals surface area contributed by atoms with Crippen LogP contribution >= 0.6 is 0 Å². The molecule has 0 bridgehead atoms. The number of nitrogen functional groups attached to an aromatic ring is 1. The topological polar surface area (TPSA) is 76.4 Å². The molecule has 0 spiro atoms. The summed E-state index contributed by atoms with van der Waals surface area (Å²) in [6, 6.07) is 3.10. The number of anilines is 1. The van der Waals surface area contributed by atoms with Crippen molar-refractivity contribution in [2.75, 3.05) is 5.73 Å². The fourth-order valence-corrected chi connectivity index (χ4v) is 0.890. The molecule has 11 heavy (non-hydrogen) atoms. The molecule has 0 aliphatic rings. The van der Waals surface area contributed by atoms with Crippen LogP contribution in [0.4, 0.5) is 5.82 Å². The lowest BCUT2D eigenvalue weighted by atomic mass is 10.5. The summed E-state index contributed by atoms with van der Waals surface area (Å²) in [6.45, 7) is 0. The highest BCUT2D eigenvalue weighted by Crippen LogP contribution is 2.08. The molecule has 0 saturated carbocycles. The third-order valence-corrected chi connectivity index (χ3v) is 1.32. The van der Waals surface area contributed by atoms with Gasteiger partial charge in [0.05, 0.1) is 6.20 Å². The first kappa shape index (κ1) is 5.96. The number of aromatic hydroxyl groups is 1. The van der Waals surface area contributed by atoms with Crippen LogP contribution in [0.2, 0.25) is 0 Å². The van der Waals surface area contributed by atoms with Crippen molar-refractivity contribution in [1.82, 2.24) is 14.6 Å². The summed E-state index contributed by atoms with van der Waals surface area (Å²) in [5.41, 5.74) is 6.01. The number of imidazole rings is 1. The standard InChI is InChI=1S/C6H6N4O/c7-4-3-10-5(8-4)1-2-6(11)9-10/h1-3H,7H2,(H,9,11). The average Bonchev–Trinajstić information content (AvgIpc) is 2.27. The Balaban J connectivity index is 2.82. The van der Waals surface area contributed by atoms with Gasteiger partial charge in [0.15, 0.2) is 5.65 Å². The van der Waals surface area contributed by atoms with Crippen molar-refractivity contribution in [3.63, 3.8) is 0 Å². The van der Waals surface area contributed by atoms with E-state index in [1.807, 2.05) is 0 Å². The lowest BCUT2D eigenvalue weighted by Gasteiger charge is -1.90. The van der Waals surface area contributed by atoms with Gasteiger partial charge in [-0.2, -0.15) is 0 Å². The number of hydrogen-bond acceptors (Lipinski definition) is 4. The van der Waals surface area contributed by atoms with Crippen LogP contribution < -0.4 is 5.73 Å². The second kappa shape index (κ2) is 1.85. The molecule has 0 radical (unpaired) electrons. The molecule has 0 saturated heterocycles. The lowest BCUT2D eigenvalue weighted by molar-refractivity contribution is 0.442. The van der Waals surface area contributed by atoms with Crippen LogP contribution in [-0.2, 0) is 0 Å². The predicted molar refractivity (Wildman–Crippen MR) is 39.1 cm³/mol. The number of rotatable bonds is 0. The van der Waals surface area contributed by atoms with E-state index >= 15 is 0 Å². The maximum absolute atomic E-state index is 8.94. The van der Waals surface area contributed by atoms with Gasteiger partial charge in [-0.3, -0.25) is 0 Å². The maximum atomic E-state index is 8.94. The summed E-state index contributed by atoms with van der Waals surface area (Å²) >= 11 is 0. The molecular weight excluding hydrogens is 144 g/mol. The van der Waals surface area contributed by atoms with Gasteiger partial charge in [-0.1, -0.05) is 0 Å². The van der Waals surface area contributed by atoms with Gasteiger partial charge in [0.25, 0.3) is 0 Å². The van der Waals surface area contributed by atoms with E-state index in [-0.39, 0.29) is 5.88 Å². The molecule has 2 heterocycles. The quantitative estimate of drug-likeness (QED) is 0.555. The highest BCUT2D eigenvalue weighted by Gasteiger charge is 1.98. The van der Waals surface area contributed by atoms with Crippen LogP contribution in [0.15, 0.2) is 18.3 Å². The summed E-state index contributed by atoms with van der Waals surface area (Å²) < 4.78 is 1.42. The van der Waals surface area contributed by atoms with E-state index in [2.05, 4.69) is 10.1 Å². The van der Waals surface area contributed by atoms with Crippen LogP contribution in [0.5, 0.6) is 5.88 Å². The van der Waals surface area contributed by atoms with Crippen LogP contribution in [0.3, 0.4) is 0 Å². The Morgan fingerprint density at radius 2 is 2.27 bits per heavy atom. The molecule has 56 valence electrons. The first-order valence-electron chi connectivity index (χ1n) is 3.06. The van der Waals surface area contributed by atoms with Crippen LogP contribution in [0.1, 0.15) is 0 Å². The molecule has 0 fully saturated rings. The Morgan fingerprint density at radius 1 is 1.45 bits per heavy atom. The average molecular weight is 150 g/mol. The third-order valence-electron chi connectivity index (χ3n) is 1.32. The molecule has 2 aromatic rings. The van der Waals surface area contributed by atoms with Crippen molar-refractivity contribution in [2.24, 2.45) is 0 Å². The molecule has 5 heteroatoms. The molecule has 2 aromatic heterocycles. The van der Waals surface area contributed by atoms with E-state index in [0.717, 1.165) is 0 Å². The van der Waals surface area contributed by atoms with Crippen LogP contribution in [0, 0.1) is 0 Å². The lowest BCUT2D eigenvalue weighted by Crippen LogP contribution is -1.87. The van der Waals surface area contributed by atoms with Gasteiger partial charge in [-0.05, 0) is 6.07 Å². The summed E-state index contributed by atoms with van der Waals surface area (Å²) in [5.74, 6) is 0.345. The van der Waals surface area contributed by atoms with E-state index < -0.39 is 0 Å². The van der Waals surface area contributed by atoms with Gasteiger partial charge in [0.1, 0.15) is 5.82 Å². The number of hydrogen-bond donors (Lipinski definition) is 2. The summed E-state index contributed by atoms with van der Waals surface area (Å²) in [4.78, 5) is 3.92. The summed E-state index contributed by atoms with van der Waals surface area (Å²) in [7, 11) is 0. The Morgan fingerprint density at radius 3 is 3.09 bits per heavy atom. The predicted octanol–water partition coefficient (Wildman–Crippen LogP) is 0.0171. The van der Waals surface area contributed by atoms with Crippen molar-refractivity contribution in [2.45, 2.75) is 0 Å². The molecule has 5 nitrogen and oxygen atoms in total. The van der Waals surface area contributed by atoms with Crippen molar-refractivity contribution in [3.8, 4) is 5.88 Å².